The molecular formula is C16H16N6OS. The summed E-state index contributed by atoms with van der Waals surface area (Å²) in [5, 5.41) is 9.34. The van der Waals surface area contributed by atoms with Crippen molar-refractivity contribution in [3.05, 3.63) is 52.2 Å². The van der Waals surface area contributed by atoms with Gasteiger partial charge in [-0.05, 0) is 26.0 Å². The Kier molecular flexibility index (Phi) is 3.42. The quantitative estimate of drug-likeness (QED) is 0.580. The molecule has 0 fully saturated rings. The van der Waals surface area contributed by atoms with Gasteiger partial charge in [0.1, 0.15) is 5.82 Å². The van der Waals surface area contributed by atoms with Crippen LogP contribution in [0.5, 0.6) is 0 Å². The molecule has 4 rings (SSSR count). The summed E-state index contributed by atoms with van der Waals surface area (Å²) in [6, 6.07) is 9.60. The number of H-pyrrole nitrogens is 1. The van der Waals surface area contributed by atoms with Crippen molar-refractivity contribution in [2.75, 3.05) is 0 Å². The largest absolute Gasteiger partial charge is 0.311 e. The molecule has 24 heavy (non-hydrogen) atoms. The van der Waals surface area contributed by atoms with Gasteiger partial charge in [0.2, 0.25) is 5.78 Å². The Morgan fingerprint density at radius 1 is 1.21 bits per heavy atom. The van der Waals surface area contributed by atoms with E-state index in [1.54, 1.807) is 0 Å². The summed E-state index contributed by atoms with van der Waals surface area (Å²) in [5.41, 5.74) is 2.72. The monoisotopic (exact) mass is 340 g/mol. The molecule has 0 aliphatic carbocycles. The van der Waals surface area contributed by atoms with Crippen LogP contribution in [0.25, 0.3) is 16.8 Å². The number of benzene rings is 1. The van der Waals surface area contributed by atoms with Crippen molar-refractivity contribution in [3.8, 4) is 0 Å². The molecule has 0 aliphatic rings. The average Bonchev–Trinajstić information content (AvgIpc) is 3.08. The van der Waals surface area contributed by atoms with Gasteiger partial charge in [-0.25, -0.2) is 4.98 Å². The van der Waals surface area contributed by atoms with E-state index in [9.17, 15) is 4.79 Å². The molecule has 0 amide bonds. The number of rotatable bonds is 3. The molecule has 0 saturated carbocycles. The van der Waals surface area contributed by atoms with Crippen molar-refractivity contribution in [1.29, 1.82) is 0 Å². The van der Waals surface area contributed by atoms with E-state index in [2.05, 4.69) is 26.2 Å². The second kappa shape index (κ2) is 5.48. The maximum atomic E-state index is 11.7. The number of thioether (sulfide) groups is 1. The molecule has 4 aromatic rings. The third-order valence-electron chi connectivity index (χ3n) is 3.96. The van der Waals surface area contributed by atoms with Crippen molar-refractivity contribution in [2.45, 2.75) is 24.3 Å². The summed E-state index contributed by atoms with van der Waals surface area (Å²) in [6.07, 6.45) is 0. The Bertz CT molecular complexity index is 1110. The number of imidazole rings is 1. The summed E-state index contributed by atoms with van der Waals surface area (Å²) >= 11 is 1.52. The number of aromatic amines is 1. The fraction of sp³-hybridized carbons (Fsp3) is 0.250. The van der Waals surface area contributed by atoms with Crippen molar-refractivity contribution >= 4 is 28.6 Å². The third-order valence-corrected chi connectivity index (χ3v) is 5.01. The van der Waals surface area contributed by atoms with Gasteiger partial charge >= 0.3 is 0 Å². The minimum absolute atomic E-state index is 0.0519. The topological polar surface area (TPSA) is 80.9 Å². The van der Waals surface area contributed by atoms with E-state index in [4.69, 9.17) is 0 Å². The molecule has 8 heteroatoms. The molecule has 3 aromatic heterocycles. The lowest BCUT2D eigenvalue weighted by molar-refractivity contribution is 0.867. The van der Waals surface area contributed by atoms with Gasteiger partial charge in [0.25, 0.3) is 5.56 Å². The van der Waals surface area contributed by atoms with E-state index in [-0.39, 0.29) is 10.8 Å². The smallest absolute Gasteiger partial charge is 0.251 e. The zero-order chi connectivity index (χ0) is 16.8. The molecular weight excluding hydrogens is 324 g/mol. The average molecular weight is 340 g/mol. The number of aryl methyl sites for hydroxylation is 2. The van der Waals surface area contributed by atoms with Crippen LogP contribution in [0.1, 0.15) is 23.7 Å². The molecule has 0 radical (unpaired) electrons. The molecule has 1 N–H and O–H groups in total. The summed E-state index contributed by atoms with van der Waals surface area (Å²) < 4.78 is 4.05. The van der Waals surface area contributed by atoms with Gasteiger partial charge in [0.15, 0.2) is 5.16 Å². The van der Waals surface area contributed by atoms with Crippen molar-refractivity contribution in [1.82, 2.24) is 29.1 Å². The molecule has 0 bridgehead atoms. The maximum absolute atomic E-state index is 11.7. The number of nitrogens with one attached hydrogen (secondary N) is 1. The Balaban J connectivity index is 1.80. The molecule has 0 spiro atoms. The first kappa shape index (κ1) is 14.9. The van der Waals surface area contributed by atoms with Crippen LogP contribution in [0.3, 0.4) is 0 Å². The first-order chi connectivity index (χ1) is 11.5. The highest BCUT2D eigenvalue weighted by atomic mass is 32.2. The summed E-state index contributed by atoms with van der Waals surface area (Å²) in [4.78, 5) is 18.9. The fourth-order valence-corrected chi connectivity index (χ4v) is 3.73. The van der Waals surface area contributed by atoms with Gasteiger partial charge in [-0.2, -0.15) is 0 Å². The number of hydrogen-bond donors (Lipinski definition) is 1. The van der Waals surface area contributed by atoms with Gasteiger partial charge in [0, 0.05) is 18.8 Å². The number of nitrogens with zero attached hydrogens (tertiary/aromatic N) is 5. The van der Waals surface area contributed by atoms with Crippen LogP contribution in [-0.4, -0.2) is 29.1 Å². The van der Waals surface area contributed by atoms with Crippen molar-refractivity contribution < 1.29 is 0 Å². The second-order valence-electron chi connectivity index (χ2n) is 5.70. The SMILES string of the molecule is Cc1cc(=O)[nH]c([C@H](C)Sc2nnc3n(C)c4ccccc4n23)n1. The van der Waals surface area contributed by atoms with Crippen LogP contribution in [-0.2, 0) is 7.05 Å². The normalized spacial score (nSPS) is 13.0. The molecule has 7 nitrogen and oxygen atoms in total. The summed E-state index contributed by atoms with van der Waals surface area (Å²) in [5.74, 6) is 1.43. The standard InChI is InChI=1S/C16H16N6OS/c1-9-8-13(23)18-14(17-9)10(2)24-16-20-19-15-21(3)11-6-4-5-7-12(11)22(15)16/h4-8,10H,1-3H3,(H,17,18,23)/t10-/m0/s1. The lowest BCUT2D eigenvalue weighted by Crippen LogP contribution is -2.12. The minimum Gasteiger partial charge on any atom is -0.311 e. The van der Waals surface area contributed by atoms with E-state index >= 15 is 0 Å². The number of hydrogen-bond acceptors (Lipinski definition) is 5. The number of aromatic nitrogens is 6. The maximum Gasteiger partial charge on any atom is 0.251 e. The number of fused-ring (bicyclic) bond motifs is 3. The Morgan fingerprint density at radius 2 is 1.96 bits per heavy atom. The predicted molar refractivity (Wildman–Crippen MR) is 93.3 cm³/mol. The van der Waals surface area contributed by atoms with Crippen LogP contribution >= 0.6 is 11.8 Å². The Labute approximate surface area is 141 Å². The van der Waals surface area contributed by atoms with E-state index in [0.717, 1.165) is 22.0 Å². The third kappa shape index (κ3) is 2.30. The van der Waals surface area contributed by atoms with Crippen molar-refractivity contribution in [3.63, 3.8) is 0 Å². The first-order valence-corrected chi connectivity index (χ1v) is 8.45. The van der Waals surface area contributed by atoms with E-state index in [1.807, 2.05) is 48.1 Å². The van der Waals surface area contributed by atoms with E-state index in [1.165, 1.54) is 17.8 Å². The van der Waals surface area contributed by atoms with Gasteiger partial charge < -0.3 is 9.55 Å². The lowest BCUT2D eigenvalue weighted by atomic mass is 10.3. The highest BCUT2D eigenvalue weighted by molar-refractivity contribution is 7.99. The van der Waals surface area contributed by atoms with Crippen LogP contribution in [0.15, 0.2) is 40.3 Å². The van der Waals surface area contributed by atoms with Crippen LogP contribution < -0.4 is 5.56 Å². The molecule has 0 unspecified atom stereocenters. The van der Waals surface area contributed by atoms with Crippen LogP contribution in [0.4, 0.5) is 0 Å². The van der Waals surface area contributed by atoms with Crippen LogP contribution in [0, 0.1) is 6.92 Å². The Morgan fingerprint density at radius 3 is 2.71 bits per heavy atom. The number of para-hydroxylation sites is 2. The minimum atomic E-state index is -0.137. The zero-order valence-corrected chi connectivity index (χ0v) is 14.3. The Hall–Kier alpha value is -2.61. The fourth-order valence-electron chi connectivity index (χ4n) is 2.82. The summed E-state index contributed by atoms with van der Waals surface area (Å²) in [7, 11) is 1.98. The molecule has 122 valence electrons. The first-order valence-electron chi connectivity index (χ1n) is 7.57. The van der Waals surface area contributed by atoms with Crippen molar-refractivity contribution in [2.24, 2.45) is 7.05 Å². The van der Waals surface area contributed by atoms with Gasteiger partial charge in [-0.1, -0.05) is 23.9 Å². The lowest BCUT2D eigenvalue weighted by Gasteiger charge is -2.09. The molecule has 0 aliphatic heterocycles. The van der Waals surface area contributed by atoms with Gasteiger partial charge in [-0.15, -0.1) is 10.2 Å². The van der Waals surface area contributed by atoms with Gasteiger partial charge in [-0.3, -0.25) is 9.20 Å². The van der Waals surface area contributed by atoms with E-state index in [0.29, 0.717) is 11.5 Å². The summed E-state index contributed by atoms with van der Waals surface area (Å²) in [6.45, 7) is 3.81. The molecule has 1 aromatic carbocycles. The predicted octanol–water partition coefficient (Wildman–Crippen LogP) is 2.47. The second-order valence-corrected chi connectivity index (χ2v) is 7.01. The highest BCUT2D eigenvalue weighted by Gasteiger charge is 2.19. The van der Waals surface area contributed by atoms with E-state index < -0.39 is 0 Å². The van der Waals surface area contributed by atoms with Gasteiger partial charge in [0.05, 0.1) is 16.3 Å². The highest BCUT2D eigenvalue weighted by Crippen LogP contribution is 2.33. The zero-order valence-electron chi connectivity index (χ0n) is 13.5. The molecule has 3 heterocycles. The molecule has 1 atom stereocenters. The molecule has 0 saturated heterocycles. The van der Waals surface area contributed by atoms with Crippen LogP contribution in [0.2, 0.25) is 0 Å².